The van der Waals surface area contributed by atoms with E-state index in [1.807, 2.05) is 53.4 Å². The number of hydrogen-bond donors (Lipinski definition) is 1. The number of rotatable bonds is 1. The number of fused-ring (bicyclic) bond motifs is 4. The van der Waals surface area contributed by atoms with Crippen molar-refractivity contribution in [3.63, 3.8) is 0 Å². The molecule has 132 valence electrons. The summed E-state index contributed by atoms with van der Waals surface area (Å²) in [4.78, 5) is 23.9. The molecular formula is C22H18N4O. The maximum absolute atomic E-state index is 13.1. The Hall–Kier alpha value is -3.47. The first-order chi connectivity index (χ1) is 13.2. The highest BCUT2D eigenvalue weighted by molar-refractivity contribution is 6.14. The first kappa shape index (κ1) is 15.8. The van der Waals surface area contributed by atoms with Gasteiger partial charge < -0.3 is 5.32 Å². The Morgan fingerprint density at radius 1 is 1.04 bits per heavy atom. The van der Waals surface area contributed by atoms with Gasteiger partial charge in [-0.25, -0.2) is 4.79 Å². The number of anilines is 2. The van der Waals surface area contributed by atoms with Crippen molar-refractivity contribution in [2.75, 3.05) is 10.2 Å². The summed E-state index contributed by atoms with van der Waals surface area (Å²) < 4.78 is 0. The third-order valence-electron chi connectivity index (χ3n) is 5.13. The number of para-hydroxylation sites is 1. The number of carbonyl (C=O) groups is 1. The van der Waals surface area contributed by atoms with Gasteiger partial charge in [0.15, 0.2) is 0 Å². The molecule has 1 aliphatic rings. The molecule has 2 aromatic carbocycles. The number of benzene rings is 2. The fraction of sp³-hybridized carbons (Fsp3) is 0.136. The van der Waals surface area contributed by atoms with E-state index in [2.05, 4.69) is 28.3 Å². The van der Waals surface area contributed by atoms with Crippen LogP contribution in [-0.4, -0.2) is 22.0 Å². The first-order valence-corrected chi connectivity index (χ1v) is 9.03. The van der Waals surface area contributed by atoms with Crippen LogP contribution in [0.5, 0.6) is 0 Å². The number of urea groups is 1. The van der Waals surface area contributed by atoms with Gasteiger partial charge in [0, 0.05) is 34.9 Å². The van der Waals surface area contributed by atoms with Gasteiger partial charge >= 0.3 is 6.03 Å². The van der Waals surface area contributed by atoms with Crippen LogP contribution in [0.3, 0.4) is 0 Å². The van der Waals surface area contributed by atoms with E-state index in [0.717, 1.165) is 39.6 Å². The molecule has 0 radical (unpaired) electrons. The Kier molecular flexibility index (Phi) is 3.53. The SMILES string of the molecule is C[C@@H]1Cc2ccccc2N1C(=O)Nc1cc2cccnc2c2ncccc12. The van der Waals surface area contributed by atoms with E-state index in [9.17, 15) is 4.79 Å². The predicted molar refractivity (Wildman–Crippen MR) is 108 cm³/mol. The molecule has 3 heterocycles. The van der Waals surface area contributed by atoms with E-state index in [-0.39, 0.29) is 12.1 Å². The molecule has 0 aliphatic carbocycles. The first-order valence-electron chi connectivity index (χ1n) is 9.03. The van der Waals surface area contributed by atoms with Crippen LogP contribution < -0.4 is 10.2 Å². The molecule has 27 heavy (non-hydrogen) atoms. The van der Waals surface area contributed by atoms with Crippen molar-refractivity contribution in [3.05, 3.63) is 72.6 Å². The summed E-state index contributed by atoms with van der Waals surface area (Å²) in [6.45, 7) is 2.07. The summed E-state index contributed by atoms with van der Waals surface area (Å²) in [5.41, 5.74) is 4.56. The number of hydrogen-bond acceptors (Lipinski definition) is 3. The summed E-state index contributed by atoms with van der Waals surface area (Å²) >= 11 is 0. The number of aromatic nitrogens is 2. The standard InChI is InChI=1S/C22H18N4O/c1-14-12-15-6-2-3-9-19(15)26(14)22(27)25-18-13-16-7-4-10-23-20(16)21-17(18)8-5-11-24-21/h2-11,13-14H,12H2,1H3,(H,25,27)/t14-/m1/s1. The van der Waals surface area contributed by atoms with E-state index < -0.39 is 0 Å². The molecule has 4 aromatic rings. The Morgan fingerprint density at radius 3 is 2.70 bits per heavy atom. The molecule has 5 heteroatoms. The molecule has 1 N–H and O–H groups in total. The van der Waals surface area contributed by atoms with Gasteiger partial charge in [-0.1, -0.05) is 24.3 Å². The average molecular weight is 354 g/mol. The van der Waals surface area contributed by atoms with Gasteiger partial charge in [0.2, 0.25) is 0 Å². The van der Waals surface area contributed by atoms with E-state index in [4.69, 9.17) is 0 Å². The molecule has 5 nitrogen and oxygen atoms in total. The fourth-order valence-electron chi connectivity index (χ4n) is 3.93. The van der Waals surface area contributed by atoms with E-state index in [1.54, 1.807) is 12.4 Å². The van der Waals surface area contributed by atoms with Crippen molar-refractivity contribution in [2.24, 2.45) is 0 Å². The number of carbonyl (C=O) groups excluding carboxylic acids is 1. The summed E-state index contributed by atoms with van der Waals surface area (Å²) in [6.07, 6.45) is 4.38. The Bertz CT molecular complexity index is 1190. The number of pyridine rings is 2. The van der Waals surface area contributed by atoms with Crippen LogP contribution in [0, 0.1) is 0 Å². The summed E-state index contributed by atoms with van der Waals surface area (Å²) in [7, 11) is 0. The quantitative estimate of drug-likeness (QED) is 0.501. The second-order valence-electron chi connectivity index (χ2n) is 6.88. The van der Waals surface area contributed by atoms with Gasteiger partial charge in [-0.05, 0) is 49.2 Å². The molecule has 5 rings (SSSR count). The maximum Gasteiger partial charge on any atom is 0.326 e. The predicted octanol–water partition coefficient (Wildman–Crippen LogP) is 4.77. The molecule has 2 aromatic heterocycles. The van der Waals surface area contributed by atoms with Gasteiger partial charge in [-0.2, -0.15) is 0 Å². The van der Waals surface area contributed by atoms with Crippen LogP contribution in [0.2, 0.25) is 0 Å². The fourth-order valence-corrected chi connectivity index (χ4v) is 3.93. The van der Waals surface area contributed by atoms with Crippen molar-refractivity contribution in [3.8, 4) is 0 Å². The Balaban J connectivity index is 1.59. The normalized spacial score (nSPS) is 15.9. The lowest BCUT2D eigenvalue weighted by molar-refractivity contribution is 0.256. The third kappa shape index (κ3) is 2.51. The minimum absolute atomic E-state index is 0.119. The van der Waals surface area contributed by atoms with Crippen molar-refractivity contribution < 1.29 is 4.79 Å². The molecule has 2 amide bonds. The van der Waals surface area contributed by atoms with Gasteiger partial charge in [0.25, 0.3) is 0 Å². The molecular weight excluding hydrogens is 336 g/mol. The van der Waals surface area contributed by atoms with Crippen molar-refractivity contribution in [1.82, 2.24) is 9.97 Å². The summed E-state index contributed by atoms with van der Waals surface area (Å²) in [5.74, 6) is 0. The maximum atomic E-state index is 13.1. The molecule has 1 atom stereocenters. The monoisotopic (exact) mass is 354 g/mol. The lowest BCUT2D eigenvalue weighted by atomic mass is 10.1. The molecule has 1 aliphatic heterocycles. The molecule has 0 saturated carbocycles. The highest BCUT2D eigenvalue weighted by atomic mass is 16.2. The van der Waals surface area contributed by atoms with Crippen LogP contribution in [0.15, 0.2) is 67.0 Å². The average Bonchev–Trinajstić information content (AvgIpc) is 3.04. The molecule has 0 spiro atoms. The van der Waals surface area contributed by atoms with Crippen LogP contribution in [0.1, 0.15) is 12.5 Å². The highest BCUT2D eigenvalue weighted by Gasteiger charge is 2.30. The van der Waals surface area contributed by atoms with Crippen LogP contribution in [-0.2, 0) is 6.42 Å². The summed E-state index contributed by atoms with van der Waals surface area (Å²) in [6, 6.07) is 17.8. The highest BCUT2D eigenvalue weighted by Crippen LogP contribution is 2.34. The molecule has 0 fully saturated rings. The minimum atomic E-state index is -0.124. The van der Waals surface area contributed by atoms with Crippen LogP contribution in [0.25, 0.3) is 21.8 Å². The van der Waals surface area contributed by atoms with Crippen molar-refractivity contribution >= 4 is 39.2 Å². The molecule has 0 bridgehead atoms. The topological polar surface area (TPSA) is 58.1 Å². The molecule has 0 unspecified atom stereocenters. The number of nitrogens with zero attached hydrogens (tertiary/aromatic N) is 3. The zero-order valence-electron chi connectivity index (χ0n) is 14.9. The van der Waals surface area contributed by atoms with E-state index >= 15 is 0 Å². The molecule has 0 saturated heterocycles. The lowest BCUT2D eigenvalue weighted by Crippen LogP contribution is -2.39. The number of nitrogens with one attached hydrogen (secondary N) is 1. The summed E-state index contributed by atoms with van der Waals surface area (Å²) in [5, 5.41) is 4.95. The lowest BCUT2D eigenvalue weighted by Gasteiger charge is -2.23. The smallest absolute Gasteiger partial charge is 0.307 e. The second-order valence-corrected chi connectivity index (χ2v) is 6.88. The van der Waals surface area contributed by atoms with Gasteiger partial charge in [-0.3, -0.25) is 14.9 Å². The van der Waals surface area contributed by atoms with Gasteiger partial charge in [-0.15, -0.1) is 0 Å². The van der Waals surface area contributed by atoms with Gasteiger partial charge in [0.05, 0.1) is 16.7 Å². The Morgan fingerprint density at radius 2 is 1.81 bits per heavy atom. The minimum Gasteiger partial charge on any atom is -0.307 e. The second kappa shape index (κ2) is 6.06. The zero-order valence-corrected chi connectivity index (χ0v) is 14.9. The van der Waals surface area contributed by atoms with Gasteiger partial charge in [0.1, 0.15) is 0 Å². The van der Waals surface area contributed by atoms with Crippen LogP contribution >= 0.6 is 0 Å². The van der Waals surface area contributed by atoms with Crippen molar-refractivity contribution in [1.29, 1.82) is 0 Å². The Labute approximate surface area is 156 Å². The van der Waals surface area contributed by atoms with Crippen LogP contribution in [0.4, 0.5) is 16.2 Å². The van der Waals surface area contributed by atoms with Crippen molar-refractivity contribution in [2.45, 2.75) is 19.4 Å². The van der Waals surface area contributed by atoms with E-state index in [1.165, 1.54) is 5.56 Å². The third-order valence-corrected chi connectivity index (χ3v) is 5.13. The number of amides is 2. The largest absolute Gasteiger partial charge is 0.326 e. The van der Waals surface area contributed by atoms with E-state index in [0.29, 0.717) is 0 Å². The zero-order chi connectivity index (χ0) is 18.4.